The fourth-order valence-electron chi connectivity index (χ4n) is 10.6. The minimum Gasteiger partial charge on any atom is -0.309 e. The molecule has 0 amide bonds. The van der Waals surface area contributed by atoms with Crippen LogP contribution in [0.4, 0.5) is 0 Å². The van der Waals surface area contributed by atoms with Gasteiger partial charge in [-0.15, -0.1) is 0 Å². The molecule has 0 aliphatic rings. The quantitative estimate of drug-likeness (QED) is 0.156. The lowest BCUT2D eigenvalue weighted by Gasteiger charge is -2.13. The molecule has 14 aromatic rings. The molecule has 0 saturated heterocycles. The van der Waals surface area contributed by atoms with Crippen LogP contribution in [0.5, 0.6) is 0 Å². The Bertz CT molecular complexity index is 4250. The van der Waals surface area contributed by atoms with E-state index in [1.54, 1.807) is 0 Å². The first-order chi connectivity index (χ1) is 33.7. The molecule has 0 spiro atoms. The second-order valence-corrected chi connectivity index (χ2v) is 17.6. The Hall–Kier alpha value is -9.19. The standard InChI is InChI=1S/C63H39N5/c1-3-15-40(16-4-1)41-27-29-44(30-28-41)62-64-61(43-17-5-2-6-18-43)65-63(66-62)68-56-25-13-11-23-52(56)53-37-38-58-59(60(53)68)54-24-12-14-26-57(54)67(58)46-34-31-42(32-35-46)45-33-36-51-49-21-8-7-19-47(49)48-20-9-10-22-50(48)55(51)39-45/h1-39H. The lowest BCUT2D eigenvalue weighted by Crippen LogP contribution is -2.06. The molecular weight excluding hydrogens is 827 g/mol. The molecule has 3 aromatic heterocycles. The molecular formula is C63H39N5. The highest BCUT2D eigenvalue weighted by Gasteiger charge is 2.23. The summed E-state index contributed by atoms with van der Waals surface area (Å²) in [5.41, 5.74) is 11.9. The molecule has 316 valence electrons. The summed E-state index contributed by atoms with van der Waals surface area (Å²) in [7, 11) is 0. The van der Waals surface area contributed by atoms with Crippen molar-refractivity contribution in [2.24, 2.45) is 0 Å². The largest absolute Gasteiger partial charge is 0.309 e. The number of benzene rings is 11. The molecule has 11 aromatic carbocycles. The van der Waals surface area contributed by atoms with Crippen LogP contribution < -0.4 is 0 Å². The van der Waals surface area contributed by atoms with Crippen LogP contribution in [0, 0.1) is 0 Å². The monoisotopic (exact) mass is 865 g/mol. The highest BCUT2D eigenvalue weighted by Crippen LogP contribution is 2.43. The maximum atomic E-state index is 5.35. The van der Waals surface area contributed by atoms with E-state index in [1.807, 2.05) is 24.3 Å². The molecule has 5 nitrogen and oxygen atoms in total. The number of aromatic nitrogens is 5. The zero-order valence-electron chi connectivity index (χ0n) is 36.8. The van der Waals surface area contributed by atoms with Crippen molar-refractivity contribution in [2.75, 3.05) is 0 Å². The average molecular weight is 866 g/mol. The van der Waals surface area contributed by atoms with Crippen molar-refractivity contribution in [2.45, 2.75) is 0 Å². The molecule has 0 fully saturated rings. The van der Waals surface area contributed by atoms with Crippen molar-refractivity contribution < 1.29 is 0 Å². The van der Waals surface area contributed by atoms with E-state index < -0.39 is 0 Å². The SMILES string of the molecule is c1ccc(-c2ccc(-c3nc(-c4ccccc4)nc(-n4c5ccccc5c5ccc6c(c7ccccc7n6-c6ccc(-c7ccc8c9ccccc9c9ccccc9c8c7)cc6)c54)n3)cc2)cc1. The maximum absolute atomic E-state index is 5.35. The van der Waals surface area contributed by atoms with E-state index >= 15 is 0 Å². The van der Waals surface area contributed by atoms with Gasteiger partial charge in [0.2, 0.25) is 5.95 Å². The minimum absolute atomic E-state index is 0.567. The van der Waals surface area contributed by atoms with Gasteiger partial charge in [0.15, 0.2) is 11.6 Å². The maximum Gasteiger partial charge on any atom is 0.238 e. The second kappa shape index (κ2) is 15.2. The average Bonchev–Trinajstić information content (AvgIpc) is 3.94. The highest BCUT2D eigenvalue weighted by atomic mass is 15.2. The summed E-state index contributed by atoms with van der Waals surface area (Å²) < 4.78 is 4.66. The molecule has 5 heteroatoms. The number of nitrogens with zero attached hydrogens (tertiary/aromatic N) is 5. The fourth-order valence-corrected chi connectivity index (χ4v) is 10.6. The van der Waals surface area contributed by atoms with Gasteiger partial charge in [0.25, 0.3) is 0 Å². The summed E-state index contributed by atoms with van der Waals surface area (Å²) in [5.74, 6) is 1.80. The molecule has 0 atom stereocenters. The third kappa shape index (κ3) is 5.93. The predicted octanol–water partition coefficient (Wildman–Crippen LogP) is 16.2. The lowest BCUT2D eigenvalue weighted by atomic mass is 9.92. The van der Waals surface area contributed by atoms with Crippen LogP contribution in [0.15, 0.2) is 237 Å². The molecule has 0 N–H and O–H groups in total. The molecule has 14 rings (SSSR count). The van der Waals surface area contributed by atoms with Crippen LogP contribution in [-0.4, -0.2) is 24.1 Å². The Morgan fingerprint density at radius 1 is 0.250 bits per heavy atom. The Morgan fingerprint density at radius 2 is 0.676 bits per heavy atom. The van der Waals surface area contributed by atoms with E-state index in [2.05, 4.69) is 221 Å². The summed E-state index contributed by atoms with van der Waals surface area (Å²) in [6.45, 7) is 0. The molecule has 0 aliphatic carbocycles. The van der Waals surface area contributed by atoms with Gasteiger partial charge in [-0.2, -0.15) is 9.97 Å². The Balaban J connectivity index is 0.957. The number of para-hydroxylation sites is 2. The van der Waals surface area contributed by atoms with Gasteiger partial charge in [0.1, 0.15) is 0 Å². The van der Waals surface area contributed by atoms with Gasteiger partial charge in [-0.05, 0) is 91.0 Å². The molecule has 0 radical (unpaired) electrons. The van der Waals surface area contributed by atoms with E-state index in [-0.39, 0.29) is 0 Å². The third-order valence-corrected chi connectivity index (χ3v) is 13.8. The van der Waals surface area contributed by atoms with Crippen LogP contribution in [0.3, 0.4) is 0 Å². The summed E-state index contributed by atoms with van der Waals surface area (Å²) in [6, 6.07) is 84.6. The first-order valence-electron chi connectivity index (χ1n) is 23.1. The molecule has 0 aliphatic heterocycles. The fraction of sp³-hybridized carbons (Fsp3) is 0. The van der Waals surface area contributed by atoms with Crippen molar-refractivity contribution in [3.63, 3.8) is 0 Å². The predicted molar refractivity (Wildman–Crippen MR) is 283 cm³/mol. The Labute approximate surface area is 391 Å². The number of rotatable bonds is 6. The van der Waals surface area contributed by atoms with Gasteiger partial charge in [-0.1, -0.05) is 200 Å². The minimum atomic E-state index is 0.567. The zero-order valence-corrected chi connectivity index (χ0v) is 36.8. The molecule has 0 bridgehead atoms. The Kier molecular flexibility index (Phi) is 8.52. The summed E-state index contributed by atoms with van der Waals surface area (Å²) in [5, 5.41) is 12.2. The van der Waals surface area contributed by atoms with Gasteiger partial charge < -0.3 is 4.57 Å². The van der Waals surface area contributed by atoms with Crippen molar-refractivity contribution in [3.8, 4) is 56.7 Å². The van der Waals surface area contributed by atoms with E-state index in [1.165, 1.54) is 43.4 Å². The first-order valence-corrected chi connectivity index (χ1v) is 23.1. The molecule has 0 unspecified atom stereocenters. The highest BCUT2D eigenvalue weighted by molar-refractivity contribution is 6.27. The number of fused-ring (bicyclic) bond motifs is 13. The van der Waals surface area contributed by atoms with Crippen molar-refractivity contribution in [1.29, 1.82) is 0 Å². The van der Waals surface area contributed by atoms with Crippen LogP contribution in [0.25, 0.3) is 133 Å². The number of hydrogen-bond acceptors (Lipinski definition) is 3. The van der Waals surface area contributed by atoms with E-state index in [0.717, 1.165) is 71.6 Å². The van der Waals surface area contributed by atoms with E-state index in [9.17, 15) is 0 Å². The van der Waals surface area contributed by atoms with Gasteiger partial charge in [0, 0.05) is 38.4 Å². The molecule has 0 saturated carbocycles. The van der Waals surface area contributed by atoms with Crippen LogP contribution in [0.1, 0.15) is 0 Å². The summed E-state index contributed by atoms with van der Waals surface area (Å²) in [6.07, 6.45) is 0. The zero-order chi connectivity index (χ0) is 44.7. The molecule has 68 heavy (non-hydrogen) atoms. The van der Waals surface area contributed by atoms with Crippen LogP contribution >= 0.6 is 0 Å². The third-order valence-electron chi connectivity index (χ3n) is 13.8. The second-order valence-electron chi connectivity index (χ2n) is 17.6. The summed E-state index contributed by atoms with van der Waals surface area (Å²) in [4.78, 5) is 15.8. The smallest absolute Gasteiger partial charge is 0.238 e. The lowest BCUT2D eigenvalue weighted by molar-refractivity contribution is 0.955. The van der Waals surface area contributed by atoms with Crippen molar-refractivity contribution >= 4 is 75.9 Å². The van der Waals surface area contributed by atoms with E-state index in [4.69, 9.17) is 15.0 Å². The Morgan fingerprint density at radius 3 is 1.32 bits per heavy atom. The van der Waals surface area contributed by atoms with Crippen molar-refractivity contribution in [3.05, 3.63) is 237 Å². The first kappa shape index (κ1) is 38.1. The topological polar surface area (TPSA) is 48.5 Å². The van der Waals surface area contributed by atoms with Crippen LogP contribution in [0.2, 0.25) is 0 Å². The van der Waals surface area contributed by atoms with Crippen LogP contribution in [-0.2, 0) is 0 Å². The van der Waals surface area contributed by atoms with Crippen molar-refractivity contribution in [1.82, 2.24) is 24.1 Å². The number of hydrogen-bond donors (Lipinski definition) is 0. The normalized spacial score (nSPS) is 11.8. The van der Waals surface area contributed by atoms with Gasteiger partial charge >= 0.3 is 0 Å². The molecule has 3 heterocycles. The van der Waals surface area contributed by atoms with Gasteiger partial charge in [-0.25, -0.2) is 4.98 Å². The van der Waals surface area contributed by atoms with E-state index in [0.29, 0.717) is 17.6 Å². The summed E-state index contributed by atoms with van der Waals surface area (Å²) >= 11 is 0. The van der Waals surface area contributed by atoms with Gasteiger partial charge in [-0.3, -0.25) is 4.57 Å². The van der Waals surface area contributed by atoms with Gasteiger partial charge in [0.05, 0.1) is 22.1 Å².